The molecule has 3 aromatic carbocycles. The average Bonchev–Trinajstić information content (AvgIpc) is 2.69. The molecular formula is C21H20O5S2. The van der Waals surface area contributed by atoms with Gasteiger partial charge in [0.1, 0.15) is 10.6 Å². The molecule has 0 fully saturated rings. The molecule has 3 aromatic rings. The first kappa shape index (κ1) is 20.1. The van der Waals surface area contributed by atoms with Gasteiger partial charge in [0.15, 0.2) is 0 Å². The van der Waals surface area contributed by atoms with Crippen LogP contribution in [0.4, 0.5) is 0 Å². The molecular weight excluding hydrogens is 396 g/mol. The van der Waals surface area contributed by atoms with E-state index in [4.69, 9.17) is 4.74 Å². The van der Waals surface area contributed by atoms with Crippen LogP contribution in [0.1, 0.15) is 11.1 Å². The molecule has 0 radical (unpaired) electrons. The summed E-state index contributed by atoms with van der Waals surface area (Å²) >= 11 is 0. The van der Waals surface area contributed by atoms with Crippen molar-refractivity contribution in [3.63, 3.8) is 0 Å². The molecule has 7 heteroatoms. The van der Waals surface area contributed by atoms with Gasteiger partial charge in [0.25, 0.3) is 0 Å². The van der Waals surface area contributed by atoms with Crippen molar-refractivity contribution in [1.29, 1.82) is 0 Å². The van der Waals surface area contributed by atoms with Gasteiger partial charge in [-0.2, -0.15) is 0 Å². The summed E-state index contributed by atoms with van der Waals surface area (Å²) in [6.07, 6.45) is 0. The Bertz CT molecular complexity index is 1230. The minimum Gasteiger partial charge on any atom is -0.495 e. The Kier molecular flexibility index (Phi) is 5.32. The van der Waals surface area contributed by atoms with Crippen molar-refractivity contribution in [1.82, 2.24) is 0 Å². The Morgan fingerprint density at radius 2 is 1.39 bits per heavy atom. The predicted octanol–water partition coefficient (Wildman–Crippen LogP) is 3.98. The van der Waals surface area contributed by atoms with Crippen LogP contribution in [0.2, 0.25) is 0 Å². The first-order valence-corrected chi connectivity index (χ1v) is 11.5. The molecule has 0 spiro atoms. The fourth-order valence-corrected chi connectivity index (χ4v) is 6.80. The van der Waals surface area contributed by atoms with Crippen molar-refractivity contribution in [2.45, 2.75) is 33.4 Å². The Morgan fingerprint density at radius 3 is 2.04 bits per heavy atom. The molecule has 0 aromatic heterocycles. The van der Waals surface area contributed by atoms with Gasteiger partial charge in [-0.15, -0.1) is 0 Å². The third-order valence-electron chi connectivity index (χ3n) is 4.41. The van der Waals surface area contributed by atoms with E-state index >= 15 is 0 Å². The molecule has 28 heavy (non-hydrogen) atoms. The highest BCUT2D eigenvalue weighted by Crippen LogP contribution is 2.38. The maximum Gasteiger partial charge on any atom is 0.211 e. The van der Waals surface area contributed by atoms with Crippen LogP contribution < -0.4 is 4.74 Å². The van der Waals surface area contributed by atoms with Gasteiger partial charge in [-0.1, -0.05) is 36.4 Å². The van der Waals surface area contributed by atoms with E-state index in [1.807, 2.05) is 0 Å². The van der Waals surface area contributed by atoms with Crippen LogP contribution in [0, 0.1) is 13.8 Å². The quantitative estimate of drug-likeness (QED) is 0.629. The third kappa shape index (κ3) is 3.43. The van der Waals surface area contributed by atoms with Gasteiger partial charge >= 0.3 is 0 Å². The van der Waals surface area contributed by atoms with Crippen LogP contribution in [0.3, 0.4) is 0 Å². The van der Waals surface area contributed by atoms with E-state index in [1.165, 1.54) is 43.5 Å². The number of sulfone groups is 2. The van der Waals surface area contributed by atoms with Gasteiger partial charge in [0.2, 0.25) is 19.7 Å². The summed E-state index contributed by atoms with van der Waals surface area (Å²) in [6.45, 7) is 3.45. The summed E-state index contributed by atoms with van der Waals surface area (Å²) in [5.74, 6) is -0.0158. The molecule has 0 unspecified atom stereocenters. The van der Waals surface area contributed by atoms with E-state index in [0.717, 1.165) is 5.56 Å². The third-order valence-corrected chi connectivity index (χ3v) is 8.33. The maximum atomic E-state index is 13.5. The summed E-state index contributed by atoms with van der Waals surface area (Å²) < 4.78 is 58.8. The highest BCUT2D eigenvalue weighted by Gasteiger charge is 2.33. The lowest BCUT2D eigenvalue weighted by Gasteiger charge is -2.16. The number of hydrogen-bond donors (Lipinski definition) is 0. The predicted molar refractivity (Wildman–Crippen MR) is 106 cm³/mol. The molecule has 146 valence electrons. The van der Waals surface area contributed by atoms with Gasteiger partial charge in [0.05, 0.1) is 21.8 Å². The Balaban J connectivity index is 2.38. The monoisotopic (exact) mass is 416 g/mol. The lowest BCUT2D eigenvalue weighted by atomic mass is 10.2. The molecule has 0 aliphatic rings. The molecule has 0 N–H and O–H groups in total. The fourth-order valence-electron chi connectivity index (χ4n) is 2.97. The fraction of sp³-hybridized carbons (Fsp3) is 0.143. The SMILES string of the molecule is COc1cccc(S(=O)(=O)c2ccccc2)c1S(=O)(=O)c1cc(C)ccc1C. The number of hydrogen-bond acceptors (Lipinski definition) is 5. The molecule has 3 rings (SSSR count). The minimum absolute atomic E-state index is 0.0145. The molecule has 0 atom stereocenters. The minimum atomic E-state index is -4.16. The summed E-state index contributed by atoms with van der Waals surface area (Å²) in [5.41, 5.74) is 1.28. The number of methoxy groups -OCH3 is 1. The molecule has 0 aliphatic carbocycles. The Hall–Kier alpha value is -2.64. The van der Waals surface area contributed by atoms with Crippen molar-refractivity contribution >= 4 is 19.7 Å². The second kappa shape index (κ2) is 7.41. The van der Waals surface area contributed by atoms with Crippen LogP contribution >= 0.6 is 0 Å². The van der Waals surface area contributed by atoms with Gasteiger partial charge in [-0.25, -0.2) is 16.8 Å². The number of ether oxygens (including phenoxy) is 1. The van der Waals surface area contributed by atoms with Crippen LogP contribution in [-0.4, -0.2) is 23.9 Å². The molecule has 0 saturated carbocycles. The van der Waals surface area contributed by atoms with Gasteiger partial charge < -0.3 is 4.74 Å². The molecule has 0 bridgehead atoms. The molecule has 5 nitrogen and oxygen atoms in total. The van der Waals surface area contributed by atoms with Crippen molar-refractivity contribution < 1.29 is 21.6 Å². The first-order valence-electron chi connectivity index (χ1n) is 8.49. The molecule has 0 aliphatic heterocycles. The Labute approximate surface area is 165 Å². The van der Waals surface area contributed by atoms with Crippen LogP contribution in [-0.2, 0) is 19.7 Å². The van der Waals surface area contributed by atoms with E-state index < -0.39 is 19.7 Å². The summed E-state index contributed by atoms with van der Waals surface area (Å²) in [5, 5.41) is 0. The number of rotatable bonds is 5. The highest BCUT2D eigenvalue weighted by molar-refractivity contribution is 7.94. The van der Waals surface area contributed by atoms with E-state index in [9.17, 15) is 16.8 Å². The average molecular weight is 417 g/mol. The summed E-state index contributed by atoms with van der Waals surface area (Å²) in [7, 11) is -6.92. The maximum absolute atomic E-state index is 13.5. The van der Waals surface area contributed by atoms with Crippen LogP contribution in [0.15, 0.2) is 86.3 Å². The molecule has 0 saturated heterocycles. The van der Waals surface area contributed by atoms with Gasteiger partial charge in [-0.05, 0) is 55.3 Å². The first-order chi connectivity index (χ1) is 13.2. The van der Waals surface area contributed by atoms with Crippen molar-refractivity contribution in [3.8, 4) is 5.75 Å². The normalized spacial score (nSPS) is 12.0. The topological polar surface area (TPSA) is 77.5 Å². The van der Waals surface area contributed by atoms with Gasteiger partial charge in [0, 0.05) is 0 Å². The van der Waals surface area contributed by atoms with Crippen molar-refractivity contribution in [3.05, 3.63) is 77.9 Å². The van der Waals surface area contributed by atoms with E-state index in [1.54, 1.807) is 44.2 Å². The highest BCUT2D eigenvalue weighted by atomic mass is 32.2. The zero-order valence-electron chi connectivity index (χ0n) is 15.7. The van der Waals surface area contributed by atoms with Crippen LogP contribution in [0.25, 0.3) is 0 Å². The summed E-state index contributed by atoms with van der Waals surface area (Å²) in [6, 6.07) is 17.0. The smallest absolute Gasteiger partial charge is 0.211 e. The summed E-state index contributed by atoms with van der Waals surface area (Å²) in [4.78, 5) is -0.587. The lowest BCUT2D eigenvalue weighted by molar-refractivity contribution is 0.399. The Morgan fingerprint density at radius 1 is 0.714 bits per heavy atom. The largest absolute Gasteiger partial charge is 0.495 e. The zero-order valence-corrected chi connectivity index (χ0v) is 17.3. The van der Waals surface area contributed by atoms with E-state index in [0.29, 0.717) is 5.56 Å². The second-order valence-electron chi connectivity index (χ2n) is 6.38. The molecule has 0 heterocycles. The standard InChI is InChI=1S/C21H20O5S2/c1-15-12-13-16(2)20(14-15)28(24,25)21-18(26-3)10-7-11-19(21)27(22,23)17-8-5-4-6-9-17/h4-14H,1-3H3. The second-order valence-corrected chi connectivity index (χ2v) is 10.1. The van der Waals surface area contributed by atoms with Crippen molar-refractivity contribution in [2.24, 2.45) is 0 Å². The van der Waals surface area contributed by atoms with E-state index in [-0.39, 0.29) is 25.3 Å². The van der Waals surface area contributed by atoms with Gasteiger partial charge in [-0.3, -0.25) is 0 Å². The van der Waals surface area contributed by atoms with Crippen LogP contribution in [0.5, 0.6) is 5.75 Å². The van der Waals surface area contributed by atoms with Crippen molar-refractivity contribution in [2.75, 3.05) is 7.11 Å². The lowest BCUT2D eigenvalue weighted by Crippen LogP contribution is -2.13. The number of benzene rings is 3. The zero-order chi connectivity index (χ0) is 20.5. The number of aryl methyl sites for hydroxylation is 2. The molecule has 0 amide bonds. The van der Waals surface area contributed by atoms with E-state index in [2.05, 4.69) is 0 Å².